The van der Waals surface area contributed by atoms with Crippen molar-refractivity contribution in [3.05, 3.63) is 35.4 Å². The van der Waals surface area contributed by atoms with Crippen LogP contribution in [0, 0.1) is 0 Å². The van der Waals surface area contributed by atoms with Gasteiger partial charge in [0.2, 0.25) is 5.91 Å². The number of amides is 1. The SMILES string of the molecule is CCCCN1/C(=C/CC(=O)NO)S(=O)c2ccccc21. The summed E-state index contributed by atoms with van der Waals surface area (Å²) in [6.07, 6.45) is 3.65. The van der Waals surface area contributed by atoms with E-state index in [0.717, 1.165) is 30.0 Å². The first-order valence-electron chi connectivity index (χ1n) is 6.60. The Bertz CT molecular complexity index is 557. The molecule has 2 N–H and O–H groups in total. The quantitative estimate of drug-likeness (QED) is 0.645. The van der Waals surface area contributed by atoms with Crippen LogP contribution in [0.15, 0.2) is 40.3 Å². The molecule has 1 aromatic carbocycles. The number of anilines is 1. The van der Waals surface area contributed by atoms with Gasteiger partial charge in [0.25, 0.3) is 0 Å². The average Bonchev–Trinajstić information content (AvgIpc) is 2.75. The molecule has 2 rings (SSSR count). The number of hydroxylamine groups is 1. The van der Waals surface area contributed by atoms with Crippen LogP contribution in [0.25, 0.3) is 0 Å². The van der Waals surface area contributed by atoms with Gasteiger partial charge >= 0.3 is 0 Å². The summed E-state index contributed by atoms with van der Waals surface area (Å²) in [5, 5.41) is 9.17. The van der Waals surface area contributed by atoms with E-state index >= 15 is 0 Å². The number of hydrogen-bond donors (Lipinski definition) is 2. The van der Waals surface area contributed by atoms with Gasteiger partial charge in [0.05, 0.1) is 10.6 Å². The summed E-state index contributed by atoms with van der Waals surface area (Å²) in [6, 6.07) is 7.56. The summed E-state index contributed by atoms with van der Waals surface area (Å²) in [4.78, 5) is 13.9. The largest absolute Gasteiger partial charge is 0.333 e. The number of benzene rings is 1. The summed E-state index contributed by atoms with van der Waals surface area (Å²) in [5.74, 6) is -0.513. The fraction of sp³-hybridized carbons (Fsp3) is 0.357. The minimum absolute atomic E-state index is 0.00812. The molecule has 0 saturated carbocycles. The summed E-state index contributed by atoms with van der Waals surface area (Å²) in [5.41, 5.74) is 2.52. The highest BCUT2D eigenvalue weighted by Crippen LogP contribution is 2.38. The summed E-state index contributed by atoms with van der Waals surface area (Å²) in [6.45, 7) is 2.87. The molecule has 1 aliphatic rings. The zero-order valence-corrected chi connectivity index (χ0v) is 12.2. The van der Waals surface area contributed by atoms with E-state index in [2.05, 4.69) is 6.92 Å². The first-order valence-corrected chi connectivity index (χ1v) is 7.75. The highest BCUT2D eigenvalue weighted by atomic mass is 32.2. The van der Waals surface area contributed by atoms with Crippen molar-refractivity contribution in [2.75, 3.05) is 11.4 Å². The van der Waals surface area contributed by atoms with E-state index in [1.54, 1.807) is 11.6 Å². The molecule has 0 saturated heterocycles. The molecule has 0 fully saturated rings. The maximum absolute atomic E-state index is 12.5. The van der Waals surface area contributed by atoms with Crippen molar-refractivity contribution in [2.24, 2.45) is 0 Å². The molecule has 6 heteroatoms. The Morgan fingerprint density at radius 3 is 2.90 bits per heavy atom. The molecule has 1 aromatic rings. The van der Waals surface area contributed by atoms with E-state index in [9.17, 15) is 9.00 Å². The molecule has 1 heterocycles. The van der Waals surface area contributed by atoms with Crippen LogP contribution in [0.1, 0.15) is 26.2 Å². The summed E-state index contributed by atoms with van der Waals surface area (Å²) >= 11 is 0. The van der Waals surface area contributed by atoms with Gasteiger partial charge in [-0.25, -0.2) is 9.69 Å². The zero-order chi connectivity index (χ0) is 14.5. The van der Waals surface area contributed by atoms with E-state index in [4.69, 9.17) is 5.21 Å². The topological polar surface area (TPSA) is 69.6 Å². The Labute approximate surface area is 120 Å². The van der Waals surface area contributed by atoms with Gasteiger partial charge in [-0.1, -0.05) is 25.5 Å². The maximum Gasteiger partial charge on any atom is 0.247 e. The number of hydrogen-bond acceptors (Lipinski definition) is 4. The lowest BCUT2D eigenvalue weighted by atomic mass is 10.2. The molecule has 0 aliphatic carbocycles. The fourth-order valence-electron chi connectivity index (χ4n) is 2.13. The molecule has 0 aromatic heterocycles. The van der Waals surface area contributed by atoms with Crippen molar-refractivity contribution in [3.8, 4) is 0 Å². The second kappa shape index (κ2) is 6.67. The fourth-order valence-corrected chi connectivity index (χ4v) is 3.55. The Morgan fingerprint density at radius 1 is 1.45 bits per heavy atom. The predicted octanol–water partition coefficient (Wildman–Crippen LogP) is 2.15. The van der Waals surface area contributed by atoms with Crippen LogP contribution in [0.5, 0.6) is 0 Å². The highest BCUT2D eigenvalue weighted by molar-refractivity contribution is 7.89. The van der Waals surface area contributed by atoms with Gasteiger partial charge in [-0.15, -0.1) is 0 Å². The second-order valence-electron chi connectivity index (χ2n) is 4.52. The van der Waals surface area contributed by atoms with Gasteiger partial charge in [0.1, 0.15) is 15.8 Å². The third-order valence-corrected chi connectivity index (χ3v) is 4.65. The number of fused-ring (bicyclic) bond motifs is 1. The minimum Gasteiger partial charge on any atom is -0.333 e. The molecule has 0 spiro atoms. The highest BCUT2D eigenvalue weighted by Gasteiger charge is 2.30. The van der Waals surface area contributed by atoms with Crippen molar-refractivity contribution in [1.29, 1.82) is 0 Å². The Hall–Kier alpha value is -1.66. The second-order valence-corrected chi connectivity index (χ2v) is 5.92. The molecule has 1 unspecified atom stereocenters. The number of carbonyl (C=O) groups is 1. The van der Waals surface area contributed by atoms with E-state index in [1.165, 1.54) is 0 Å². The molecule has 5 nitrogen and oxygen atoms in total. The first-order chi connectivity index (χ1) is 9.69. The molecule has 0 bridgehead atoms. The Morgan fingerprint density at radius 2 is 2.20 bits per heavy atom. The van der Waals surface area contributed by atoms with Gasteiger partial charge in [0.15, 0.2) is 0 Å². The van der Waals surface area contributed by atoms with E-state index in [0.29, 0.717) is 5.03 Å². The van der Waals surface area contributed by atoms with Crippen molar-refractivity contribution >= 4 is 22.4 Å². The molecule has 1 aliphatic heterocycles. The van der Waals surface area contributed by atoms with Crippen LogP contribution >= 0.6 is 0 Å². The van der Waals surface area contributed by atoms with Gasteiger partial charge in [-0.2, -0.15) is 0 Å². The number of unbranched alkanes of at least 4 members (excludes halogenated alkanes) is 1. The maximum atomic E-state index is 12.5. The predicted molar refractivity (Wildman–Crippen MR) is 77.7 cm³/mol. The van der Waals surface area contributed by atoms with Crippen molar-refractivity contribution < 1.29 is 14.2 Å². The zero-order valence-electron chi connectivity index (χ0n) is 11.3. The summed E-state index contributed by atoms with van der Waals surface area (Å²) in [7, 11) is -1.26. The number of para-hydroxylation sites is 1. The lowest BCUT2D eigenvalue weighted by Gasteiger charge is -2.19. The number of nitrogens with one attached hydrogen (secondary N) is 1. The van der Waals surface area contributed by atoms with Crippen LogP contribution in [0.4, 0.5) is 5.69 Å². The van der Waals surface area contributed by atoms with Gasteiger partial charge < -0.3 is 4.90 Å². The van der Waals surface area contributed by atoms with Crippen LogP contribution in [0.2, 0.25) is 0 Å². The molecule has 108 valence electrons. The van der Waals surface area contributed by atoms with Crippen LogP contribution in [-0.2, 0) is 15.6 Å². The van der Waals surface area contributed by atoms with Gasteiger partial charge in [-0.3, -0.25) is 10.0 Å². The van der Waals surface area contributed by atoms with Crippen molar-refractivity contribution in [1.82, 2.24) is 5.48 Å². The van der Waals surface area contributed by atoms with Crippen LogP contribution in [0.3, 0.4) is 0 Å². The molecule has 20 heavy (non-hydrogen) atoms. The van der Waals surface area contributed by atoms with Gasteiger partial charge in [0, 0.05) is 13.0 Å². The minimum atomic E-state index is -1.26. The third kappa shape index (κ3) is 2.91. The Kier molecular flexibility index (Phi) is 4.92. The van der Waals surface area contributed by atoms with Crippen LogP contribution in [-0.4, -0.2) is 21.9 Å². The van der Waals surface area contributed by atoms with E-state index in [-0.39, 0.29) is 6.42 Å². The lowest BCUT2D eigenvalue weighted by Crippen LogP contribution is -2.22. The standard InChI is InChI=1S/C14H18N2O3S/c1-2-3-10-16-11-6-4-5-7-12(11)20(19)14(16)9-8-13(17)15-18/h4-7,9,18H,2-3,8,10H2,1H3,(H,15,17)/b14-9-. The normalized spacial score (nSPS) is 19.2. The monoisotopic (exact) mass is 294 g/mol. The average molecular weight is 294 g/mol. The lowest BCUT2D eigenvalue weighted by molar-refractivity contribution is -0.128. The Balaban J connectivity index is 2.30. The van der Waals surface area contributed by atoms with Gasteiger partial charge in [-0.05, 0) is 24.6 Å². The number of rotatable bonds is 5. The molecule has 1 amide bonds. The number of carbonyl (C=O) groups excluding carboxylic acids is 1. The molecule has 1 atom stereocenters. The number of nitrogens with zero attached hydrogens (tertiary/aromatic N) is 1. The molecular formula is C14H18N2O3S. The smallest absolute Gasteiger partial charge is 0.247 e. The van der Waals surface area contributed by atoms with E-state index in [1.807, 2.05) is 29.2 Å². The van der Waals surface area contributed by atoms with Crippen LogP contribution < -0.4 is 10.4 Å². The van der Waals surface area contributed by atoms with Crippen molar-refractivity contribution in [3.63, 3.8) is 0 Å². The molecular weight excluding hydrogens is 276 g/mol. The first kappa shape index (κ1) is 14.7. The molecule has 0 radical (unpaired) electrons. The van der Waals surface area contributed by atoms with E-state index < -0.39 is 16.7 Å². The van der Waals surface area contributed by atoms with Crippen molar-refractivity contribution in [2.45, 2.75) is 31.1 Å². The third-order valence-electron chi connectivity index (χ3n) is 3.13. The summed E-state index contributed by atoms with van der Waals surface area (Å²) < 4.78 is 12.5.